The Morgan fingerprint density at radius 1 is 1.21 bits per heavy atom. The highest BCUT2D eigenvalue weighted by atomic mass is 35.5. The lowest BCUT2D eigenvalue weighted by molar-refractivity contribution is -0.156. The van der Waals surface area contributed by atoms with E-state index in [1.807, 2.05) is 0 Å². The van der Waals surface area contributed by atoms with E-state index in [4.69, 9.17) is 27.9 Å². The van der Waals surface area contributed by atoms with Crippen LogP contribution in [0.2, 0.25) is 10.0 Å². The van der Waals surface area contributed by atoms with Crippen molar-refractivity contribution >= 4 is 40.8 Å². The number of rotatable bonds is 4. The van der Waals surface area contributed by atoms with Crippen LogP contribution in [0.15, 0.2) is 18.2 Å². The molecule has 1 amide bonds. The standard InChI is InChI=1S/C13H15Cl2NO3/c1-7(2)13(18)19-8(3)12(17)16-11-6-9(14)4-5-10(11)15/h4-8H,1-3H3,(H,16,17)/t8-/m1/s1. The molecule has 0 aliphatic carbocycles. The number of halogens is 2. The number of nitrogens with one attached hydrogen (secondary N) is 1. The van der Waals surface area contributed by atoms with Gasteiger partial charge in [0.15, 0.2) is 6.10 Å². The van der Waals surface area contributed by atoms with Crippen LogP contribution in [0, 0.1) is 5.92 Å². The number of benzene rings is 1. The minimum Gasteiger partial charge on any atom is -0.452 e. The van der Waals surface area contributed by atoms with Gasteiger partial charge in [-0.3, -0.25) is 9.59 Å². The van der Waals surface area contributed by atoms with E-state index in [0.717, 1.165) is 0 Å². The molecule has 104 valence electrons. The Balaban J connectivity index is 2.69. The molecule has 1 rings (SSSR count). The van der Waals surface area contributed by atoms with Gasteiger partial charge in [-0.15, -0.1) is 0 Å². The molecule has 1 N–H and O–H groups in total. The Labute approximate surface area is 122 Å². The van der Waals surface area contributed by atoms with Crippen LogP contribution in [0.5, 0.6) is 0 Å². The van der Waals surface area contributed by atoms with Crippen LogP contribution in [-0.4, -0.2) is 18.0 Å². The van der Waals surface area contributed by atoms with E-state index >= 15 is 0 Å². The lowest BCUT2D eigenvalue weighted by Crippen LogP contribution is -2.31. The Bertz CT molecular complexity index is 489. The first-order valence-electron chi connectivity index (χ1n) is 5.77. The van der Waals surface area contributed by atoms with E-state index in [1.54, 1.807) is 26.0 Å². The summed E-state index contributed by atoms with van der Waals surface area (Å²) >= 11 is 11.7. The molecule has 1 aromatic carbocycles. The van der Waals surface area contributed by atoms with Crippen molar-refractivity contribution < 1.29 is 14.3 Å². The Kier molecular flexibility index (Phi) is 5.63. The van der Waals surface area contributed by atoms with Crippen LogP contribution in [0.4, 0.5) is 5.69 Å². The van der Waals surface area contributed by atoms with Crippen LogP contribution in [0.1, 0.15) is 20.8 Å². The fourth-order valence-electron chi connectivity index (χ4n) is 1.19. The van der Waals surface area contributed by atoms with Crippen molar-refractivity contribution in [1.29, 1.82) is 0 Å². The second-order valence-corrected chi connectivity index (χ2v) is 5.19. The maximum Gasteiger partial charge on any atom is 0.309 e. The van der Waals surface area contributed by atoms with E-state index in [9.17, 15) is 9.59 Å². The number of carbonyl (C=O) groups is 2. The third-order valence-corrected chi connectivity index (χ3v) is 2.88. The molecule has 0 radical (unpaired) electrons. The first kappa shape index (κ1) is 15.8. The van der Waals surface area contributed by atoms with Gasteiger partial charge in [0.05, 0.1) is 16.6 Å². The van der Waals surface area contributed by atoms with Crippen molar-refractivity contribution in [3.05, 3.63) is 28.2 Å². The summed E-state index contributed by atoms with van der Waals surface area (Å²) < 4.78 is 4.99. The predicted molar refractivity (Wildman–Crippen MR) is 75.5 cm³/mol. The first-order valence-corrected chi connectivity index (χ1v) is 6.53. The van der Waals surface area contributed by atoms with Gasteiger partial charge in [-0.1, -0.05) is 37.0 Å². The third-order valence-electron chi connectivity index (χ3n) is 2.32. The molecule has 1 aromatic rings. The highest BCUT2D eigenvalue weighted by Gasteiger charge is 2.20. The van der Waals surface area contributed by atoms with Crippen LogP contribution >= 0.6 is 23.2 Å². The second kappa shape index (κ2) is 6.78. The molecule has 0 unspecified atom stereocenters. The molecule has 0 aliphatic rings. The summed E-state index contributed by atoms with van der Waals surface area (Å²) in [5.74, 6) is -1.18. The maximum atomic E-state index is 11.8. The van der Waals surface area contributed by atoms with Crippen molar-refractivity contribution in [2.75, 3.05) is 5.32 Å². The average molecular weight is 304 g/mol. The number of anilines is 1. The highest BCUT2D eigenvalue weighted by molar-refractivity contribution is 6.35. The zero-order valence-corrected chi connectivity index (χ0v) is 12.4. The van der Waals surface area contributed by atoms with Gasteiger partial charge < -0.3 is 10.1 Å². The molecule has 0 aromatic heterocycles. The molecule has 0 aliphatic heterocycles. The van der Waals surface area contributed by atoms with Gasteiger partial charge in [-0.25, -0.2) is 0 Å². The summed E-state index contributed by atoms with van der Waals surface area (Å²) in [6.45, 7) is 4.88. The SMILES string of the molecule is CC(C)C(=O)O[C@H](C)C(=O)Nc1cc(Cl)ccc1Cl. The van der Waals surface area contributed by atoms with Crippen molar-refractivity contribution in [1.82, 2.24) is 0 Å². The lowest BCUT2D eigenvalue weighted by atomic mass is 10.2. The minimum absolute atomic E-state index is 0.287. The smallest absolute Gasteiger partial charge is 0.309 e. The molecule has 1 atom stereocenters. The normalized spacial score (nSPS) is 12.1. The monoisotopic (exact) mass is 303 g/mol. The molecular weight excluding hydrogens is 289 g/mol. The number of ether oxygens (including phenoxy) is 1. The largest absolute Gasteiger partial charge is 0.452 e. The predicted octanol–water partition coefficient (Wildman–Crippen LogP) is 3.52. The second-order valence-electron chi connectivity index (χ2n) is 4.35. The van der Waals surface area contributed by atoms with Crippen LogP contribution in [0.25, 0.3) is 0 Å². The Morgan fingerprint density at radius 3 is 2.42 bits per heavy atom. The summed E-state index contributed by atoms with van der Waals surface area (Å²) in [6, 6.07) is 4.71. The Morgan fingerprint density at radius 2 is 1.84 bits per heavy atom. The summed E-state index contributed by atoms with van der Waals surface area (Å²) in [7, 11) is 0. The molecule has 0 fully saturated rings. The van der Waals surface area contributed by atoms with Gasteiger partial charge in [-0.05, 0) is 25.1 Å². The quantitative estimate of drug-likeness (QED) is 0.866. The van der Waals surface area contributed by atoms with E-state index < -0.39 is 18.0 Å². The topological polar surface area (TPSA) is 55.4 Å². The van der Waals surface area contributed by atoms with Crippen molar-refractivity contribution in [3.63, 3.8) is 0 Å². The molecular formula is C13H15Cl2NO3. The zero-order valence-electron chi connectivity index (χ0n) is 10.9. The number of hydrogen-bond acceptors (Lipinski definition) is 3. The lowest BCUT2D eigenvalue weighted by Gasteiger charge is -2.15. The zero-order chi connectivity index (χ0) is 14.6. The van der Waals surface area contributed by atoms with Crippen LogP contribution in [0.3, 0.4) is 0 Å². The van der Waals surface area contributed by atoms with Gasteiger partial charge >= 0.3 is 5.97 Å². The van der Waals surface area contributed by atoms with Gasteiger partial charge in [0.1, 0.15) is 0 Å². The van der Waals surface area contributed by atoms with E-state index in [0.29, 0.717) is 15.7 Å². The van der Waals surface area contributed by atoms with Gasteiger partial charge in [-0.2, -0.15) is 0 Å². The molecule has 0 saturated carbocycles. The van der Waals surface area contributed by atoms with Gasteiger partial charge in [0.2, 0.25) is 0 Å². The van der Waals surface area contributed by atoms with Crippen molar-refractivity contribution in [2.24, 2.45) is 5.92 Å². The summed E-state index contributed by atoms with van der Waals surface area (Å²) in [5.41, 5.74) is 0.381. The number of esters is 1. The fraction of sp³-hybridized carbons (Fsp3) is 0.385. The van der Waals surface area contributed by atoms with Crippen molar-refractivity contribution in [2.45, 2.75) is 26.9 Å². The molecule has 0 saturated heterocycles. The first-order chi connectivity index (χ1) is 8.81. The maximum absolute atomic E-state index is 11.8. The Hall–Kier alpha value is -1.26. The molecule has 0 bridgehead atoms. The molecule has 4 nitrogen and oxygen atoms in total. The summed E-state index contributed by atoms with van der Waals surface area (Å²) in [4.78, 5) is 23.2. The van der Waals surface area contributed by atoms with Gasteiger partial charge in [0.25, 0.3) is 5.91 Å². The fourth-order valence-corrected chi connectivity index (χ4v) is 1.53. The number of hydrogen-bond donors (Lipinski definition) is 1. The van der Waals surface area contributed by atoms with E-state index in [1.165, 1.54) is 13.0 Å². The number of amides is 1. The van der Waals surface area contributed by atoms with E-state index in [2.05, 4.69) is 5.32 Å². The highest BCUT2D eigenvalue weighted by Crippen LogP contribution is 2.25. The average Bonchev–Trinajstić information content (AvgIpc) is 2.33. The molecule has 19 heavy (non-hydrogen) atoms. The summed E-state index contributed by atoms with van der Waals surface area (Å²) in [5, 5.41) is 3.37. The molecule has 0 spiro atoms. The molecule has 0 heterocycles. The number of carbonyl (C=O) groups excluding carboxylic acids is 2. The van der Waals surface area contributed by atoms with Gasteiger partial charge in [0, 0.05) is 5.02 Å². The van der Waals surface area contributed by atoms with Crippen molar-refractivity contribution in [3.8, 4) is 0 Å². The third kappa shape index (κ3) is 4.73. The minimum atomic E-state index is -0.898. The van der Waals surface area contributed by atoms with Crippen LogP contribution in [-0.2, 0) is 14.3 Å². The summed E-state index contributed by atoms with van der Waals surface area (Å²) in [6.07, 6.45) is -0.898. The van der Waals surface area contributed by atoms with E-state index in [-0.39, 0.29) is 5.92 Å². The molecule has 6 heteroatoms. The van der Waals surface area contributed by atoms with Crippen LogP contribution < -0.4 is 5.32 Å².